The smallest absolute Gasteiger partial charge is 0.257 e. The predicted octanol–water partition coefficient (Wildman–Crippen LogP) is 3.58. The predicted molar refractivity (Wildman–Crippen MR) is 111 cm³/mol. The van der Waals surface area contributed by atoms with Gasteiger partial charge in [0.25, 0.3) is 5.91 Å². The number of aryl methyl sites for hydroxylation is 4. The van der Waals surface area contributed by atoms with Gasteiger partial charge < -0.3 is 10.3 Å². The maximum absolute atomic E-state index is 12.8. The lowest BCUT2D eigenvalue weighted by atomic mass is 10.0. The Balaban J connectivity index is 1.64. The summed E-state index contributed by atoms with van der Waals surface area (Å²) in [6.07, 6.45) is 2.99. The van der Waals surface area contributed by atoms with Gasteiger partial charge in [0.1, 0.15) is 5.56 Å². The molecule has 1 aromatic carbocycles. The number of nitrogens with one attached hydrogen (secondary N) is 2. The molecular weight excluding hydrogens is 366 g/mol. The quantitative estimate of drug-likeness (QED) is 0.522. The Morgan fingerprint density at radius 1 is 1.10 bits per heavy atom. The molecule has 0 radical (unpaired) electrons. The molecule has 0 unspecified atom stereocenters. The summed E-state index contributed by atoms with van der Waals surface area (Å²) in [6, 6.07) is 4.24. The highest BCUT2D eigenvalue weighted by molar-refractivity contribution is 6.00. The Morgan fingerprint density at radius 3 is 2.59 bits per heavy atom. The van der Waals surface area contributed by atoms with E-state index < -0.39 is 0 Å². The number of amides is 1. The van der Waals surface area contributed by atoms with Gasteiger partial charge in [0.2, 0.25) is 0 Å². The van der Waals surface area contributed by atoms with Crippen LogP contribution in [0.3, 0.4) is 0 Å². The van der Waals surface area contributed by atoms with Gasteiger partial charge in [0.15, 0.2) is 11.4 Å². The average molecular weight is 389 g/mol. The summed E-state index contributed by atoms with van der Waals surface area (Å²) >= 11 is 0. The monoisotopic (exact) mass is 389 g/mol. The highest BCUT2D eigenvalue weighted by atomic mass is 16.1. The lowest BCUT2D eigenvalue weighted by Gasteiger charge is -2.08. The van der Waals surface area contributed by atoms with Crippen LogP contribution in [0.4, 0.5) is 0 Å². The SMILES string of the molecule is CC(=O)c1cnc2c(C(=O)NCc3cc(C)cc4c(C)c(C)[nH]c34)cnn2c1C. The van der Waals surface area contributed by atoms with Crippen molar-refractivity contribution < 1.29 is 9.59 Å². The van der Waals surface area contributed by atoms with Gasteiger partial charge in [-0.25, -0.2) is 9.50 Å². The summed E-state index contributed by atoms with van der Waals surface area (Å²) in [6.45, 7) is 9.86. The molecule has 29 heavy (non-hydrogen) atoms. The number of aromatic amines is 1. The van der Waals surface area contributed by atoms with Crippen molar-refractivity contribution in [2.24, 2.45) is 0 Å². The first-order chi connectivity index (χ1) is 13.8. The van der Waals surface area contributed by atoms with Gasteiger partial charge in [-0.2, -0.15) is 5.10 Å². The highest BCUT2D eigenvalue weighted by Gasteiger charge is 2.18. The molecule has 0 saturated heterocycles. The largest absolute Gasteiger partial charge is 0.358 e. The van der Waals surface area contributed by atoms with Crippen molar-refractivity contribution in [3.63, 3.8) is 0 Å². The van der Waals surface area contributed by atoms with E-state index in [-0.39, 0.29) is 11.7 Å². The van der Waals surface area contributed by atoms with Crippen molar-refractivity contribution >= 4 is 28.2 Å². The first-order valence-corrected chi connectivity index (χ1v) is 9.48. The van der Waals surface area contributed by atoms with E-state index >= 15 is 0 Å². The van der Waals surface area contributed by atoms with E-state index in [0.29, 0.717) is 29.0 Å². The van der Waals surface area contributed by atoms with Gasteiger partial charge in [-0.15, -0.1) is 0 Å². The van der Waals surface area contributed by atoms with Gasteiger partial charge in [-0.1, -0.05) is 11.6 Å². The maximum atomic E-state index is 12.8. The molecule has 7 nitrogen and oxygen atoms in total. The molecule has 0 aliphatic rings. The van der Waals surface area contributed by atoms with Crippen LogP contribution in [0.5, 0.6) is 0 Å². The number of nitrogens with zero attached hydrogens (tertiary/aromatic N) is 3. The summed E-state index contributed by atoms with van der Waals surface area (Å²) in [7, 11) is 0. The topological polar surface area (TPSA) is 92.1 Å². The first kappa shape index (κ1) is 18.9. The molecule has 7 heteroatoms. The molecule has 0 aliphatic carbocycles. The first-order valence-electron chi connectivity index (χ1n) is 9.48. The number of fused-ring (bicyclic) bond motifs is 2. The summed E-state index contributed by atoms with van der Waals surface area (Å²) in [4.78, 5) is 32.3. The van der Waals surface area contributed by atoms with Crippen molar-refractivity contribution in [1.29, 1.82) is 0 Å². The molecule has 0 atom stereocenters. The van der Waals surface area contributed by atoms with Crippen molar-refractivity contribution in [2.75, 3.05) is 0 Å². The van der Waals surface area contributed by atoms with Crippen LogP contribution in [-0.4, -0.2) is 31.3 Å². The normalized spacial score (nSPS) is 11.3. The Morgan fingerprint density at radius 2 is 1.86 bits per heavy atom. The van der Waals surface area contributed by atoms with Gasteiger partial charge in [-0.05, 0) is 51.8 Å². The average Bonchev–Trinajstić information content (AvgIpc) is 3.22. The minimum Gasteiger partial charge on any atom is -0.358 e. The van der Waals surface area contributed by atoms with E-state index in [2.05, 4.69) is 53.3 Å². The highest BCUT2D eigenvalue weighted by Crippen LogP contribution is 2.26. The molecule has 1 amide bonds. The van der Waals surface area contributed by atoms with Gasteiger partial charge in [-0.3, -0.25) is 9.59 Å². The number of ketones is 1. The number of carbonyl (C=O) groups is 2. The second-order valence-corrected chi connectivity index (χ2v) is 7.51. The maximum Gasteiger partial charge on any atom is 0.257 e. The summed E-state index contributed by atoms with van der Waals surface area (Å²) in [5, 5.41) is 8.41. The summed E-state index contributed by atoms with van der Waals surface area (Å²) in [5.41, 5.74) is 7.55. The second-order valence-electron chi connectivity index (χ2n) is 7.51. The van der Waals surface area contributed by atoms with Crippen LogP contribution in [0.25, 0.3) is 16.6 Å². The van der Waals surface area contributed by atoms with Gasteiger partial charge in [0, 0.05) is 23.8 Å². The molecule has 0 saturated carbocycles. The third-order valence-corrected chi connectivity index (χ3v) is 5.47. The number of H-pyrrole nitrogens is 1. The van der Waals surface area contributed by atoms with Crippen LogP contribution < -0.4 is 5.32 Å². The molecule has 3 aromatic heterocycles. The fraction of sp³-hybridized carbons (Fsp3) is 0.273. The Kier molecular flexibility index (Phi) is 4.45. The molecule has 4 rings (SSSR count). The standard InChI is InChI=1S/C22H23N5O2/c1-11-6-16(20-17(7-11)12(2)13(3)26-20)8-24-22(29)19-10-25-27-14(4)18(15(5)28)9-23-21(19)27/h6-7,9-10,26H,8H2,1-5H3,(H,24,29). The Hall–Kier alpha value is -3.48. The molecule has 2 N–H and O–H groups in total. The van der Waals surface area contributed by atoms with E-state index in [4.69, 9.17) is 0 Å². The fourth-order valence-corrected chi connectivity index (χ4v) is 3.75. The van der Waals surface area contributed by atoms with Crippen LogP contribution >= 0.6 is 0 Å². The number of hydrogen-bond acceptors (Lipinski definition) is 4. The summed E-state index contributed by atoms with van der Waals surface area (Å²) in [5.74, 6) is -0.337. The second kappa shape index (κ2) is 6.84. The number of carbonyl (C=O) groups excluding carboxylic acids is 2. The van der Waals surface area contributed by atoms with E-state index in [0.717, 1.165) is 22.3 Å². The number of rotatable bonds is 4. The molecule has 0 bridgehead atoms. The van der Waals surface area contributed by atoms with E-state index in [1.165, 1.54) is 34.8 Å². The third kappa shape index (κ3) is 3.08. The zero-order valence-corrected chi connectivity index (χ0v) is 17.2. The van der Waals surface area contributed by atoms with E-state index in [1.54, 1.807) is 6.92 Å². The third-order valence-electron chi connectivity index (χ3n) is 5.47. The number of Topliss-reactive ketones (excluding diaryl/α,β-unsaturated/α-hetero) is 1. The van der Waals surface area contributed by atoms with E-state index in [9.17, 15) is 9.59 Å². The minimum atomic E-state index is -0.253. The van der Waals surface area contributed by atoms with Crippen LogP contribution in [0.2, 0.25) is 0 Å². The van der Waals surface area contributed by atoms with Crippen LogP contribution in [0.1, 0.15) is 55.7 Å². The summed E-state index contributed by atoms with van der Waals surface area (Å²) < 4.78 is 1.54. The van der Waals surface area contributed by atoms with Gasteiger partial charge >= 0.3 is 0 Å². The number of aromatic nitrogens is 4. The molecule has 0 fully saturated rings. The molecule has 0 aliphatic heterocycles. The number of hydrogen-bond donors (Lipinski definition) is 2. The molecule has 148 valence electrons. The number of benzene rings is 1. The lowest BCUT2D eigenvalue weighted by Crippen LogP contribution is -2.23. The Labute approximate surface area is 168 Å². The zero-order chi connectivity index (χ0) is 20.9. The molecule has 4 aromatic rings. The van der Waals surface area contributed by atoms with Crippen molar-refractivity contribution in [2.45, 2.75) is 41.2 Å². The Bertz CT molecular complexity index is 1300. The van der Waals surface area contributed by atoms with Crippen LogP contribution in [0, 0.1) is 27.7 Å². The van der Waals surface area contributed by atoms with Crippen molar-refractivity contribution in [3.8, 4) is 0 Å². The van der Waals surface area contributed by atoms with E-state index in [1.807, 2.05) is 0 Å². The molecular formula is C22H23N5O2. The van der Waals surface area contributed by atoms with Crippen molar-refractivity contribution in [1.82, 2.24) is 24.9 Å². The molecule has 0 spiro atoms. The van der Waals surface area contributed by atoms with Gasteiger partial charge in [0.05, 0.1) is 23.0 Å². The van der Waals surface area contributed by atoms with Crippen LogP contribution in [-0.2, 0) is 6.54 Å². The molecule has 3 heterocycles. The van der Waals surface area contributed by atoms with Crippen LogP contribution in [0.15, 0.2) is 24.5 Å². The lowest BCUT2D eigenvalue weighted by molar-refractivity contribution is 0.0951. The fourth-order valence-electron chi connectivity index (χ4n) is 3.75. The van der Waals surface area contributed by atoms with Crippen molar-refractivity contribution in [3.05, 3.63) is 63.7 Å². The minimum absolute atomic E-state index is 0.0848. The zero-order valence-electron chi connectivity index (χ0n) is 17.2.